The SMILES string of the molecule is COc1cc(Br)c(CNC(=O)CC(N)c2ccccc2)cc1OC.Cl. The van der Waals surface area contributed by atoms with Crippen LogP contribution in [0.3, 0.4) is 0 Å². The first-order chi connectivity index (χ1) is 11.5. The molecule has 3 N–H and O–H groups in total. The van der Waals surface area contributed by atoms with Gasteiger partial charge in [-0.2, -0.15) is 0 Å². The summed E-state index contributed by atoms with van der Waals surface area (Å²) in [6, 6.07) is 12.9. The maximum absolute atomic E-state index is 12.1. The highest BCUT2D eigenvalue weighted by Gasteiger charge is 2.13. The van der Waals surface area contributed by atoms with Gasteiger partial charge in [-0.05, 0) is 23.3 Å². The fraction of sp³-hybridized carbons (Fsp3) is 0.278. The Kier molecular flexibility index (Phi) is 8.75. The summed E-state index contributed by atoms with van der Waals surface area (Å²) in [7, 11) is 3.16. The molecule has 0 bridgehead atoms. The van der Waals surface area contributed by atoms with E-state index in [4.69, 9.17) is 15.2 Å². The third kappa shape index (κ3) is 5.92. The zero-order valence-corrected chi connectivity index (χ0v) is 16.5. The second kappa shape index (κ2) is 10.3. The molecule has 2 aromatic rings. The quantitative estimate of drug-likeness (QED) is 0.705. The van der Waals surface area contributed by atoms with Crippen molar-refractivity contribution < 1.29 is 14.3 Å². The Morgan fingerprint density at radius 3 is 2.36 bits per heavy atom. The molecule has 0 aliphatic carbocycles. The Morgan fingerprint density at radius 1 is 1.16 bits per heavy atom. The number of ether oxygens (including phenoxy) is 2. The number of carbonyl (C=O) groups is 1. The third-order valence-electron chi connectivity index (χ3n) is 3.66. The second-order valence-electron chi connectivity index (χ2n) is 5.30. The van der Waals surface area contributed by atoms with Crippen molar-refractivity contribution in [3.63, 3.8) is 0 Å². The highest BCUT2D eigenvalue weighted by molar-refractivity contribution is 9.10. The molecule has 1 atom stereocenters. The van der Waals surface area contributed by atoms with Crippen LogP contribution in [-0.4, -0.2) is 20.1 Å². The van der Waals surface area contributed by atoms with Gasteiger partial charge < -0.3 is 20.5 Å². The number of carbonyl (C=O) groups excluding carboxylic acids is 1. The summed E-state index contributed by atoms with van der Waals surface area (Å²) in [5.41, 5.74) is 7.91. The van der Waals surface area contributed by atoms with Crippen LogP contribution in [0.2, 0.25) is 0 Å². The lowest BCUT2D eigenvalue weighted by Crippen LogP contribution is -2.27. The van der Waals surface area contributed by atoms with Gasteiger partial charge >= 0.3 is 0 Å². The minimum atomic E-state index is -0.319. The smallest absolute Gasteiger partial charge is 0.222 e. The summed E-state index contributed by atoms with van der Waals surface area (Å²) in [6.45, 7) is 0.376. The lowest BCUT2D eigenvalue weighted by molar-refractivity contribution is -0.121. The van der Waals surface area contributed by atoms with Gasteiger partial charge in [0.05, 0.1) is 14.2 Å². The Hall–Kier alpha value is -1.76. The first kappa shape index (κ1) is 21.3. The van der Waals surface area contributed by atoms with Crippen LogP contribution in [0.25, 0.3) is 0 Å². The average Bonchev–Trinajstić information content (AvgIpc) is 2.61. The number of amides is 1. The van der Waals surface area contributed by atoms with Crippen molar-refractivity contribution in [3.05, 3.63) is 58.1 Å². The highest BCUT2D eigenvalue weighted by Crippen LogP contribution is 2.33. The zero-order valence-electron chi connectivity index (χ0n) is 14.1. The van der Waals surface area contributed by atoms with Crippen molar-refractivity contribution in [2.75, 3.05) is 14.2 Å². The molecule has 1 amide bonds. The summed E-state index contributed by atoms with van der Waals surface area (Å²) < 4.78 is 11.4. The van der Waals surface area contributed by atoms with Crippen molar-refractivity contribution in [2.45, 2.75) is 19.0 Å². The Labute approximate surface area is 162 Å². The summed E-state index contributed by atoms with van der Waals surface area (Å²) in [5, 5.41) is 2.88. The van der Waals surface area contributed by atoms with Crippen LogP contribution in [0.5, 0.6) is 11.5 Å². The number of methoxy groups -OCH3 is 2. The van der Waals surface area contributed by atoms with Gasteiger partial charge in [0.1, 0.15) is 0 Å². The van der Waals surface area contributed by atoms with Gasteiger partial charge in [-0.15, -0.1) is 12.4 Å². The molecule has 0 fully saturated rings. The Bertz CT molecular complexity index is 698. The van der Waals surface area contributed by atoms with Crippen LogP contribution in [-0.2, 0) is 11.3 Å². The highest BCUT2D eigenvalue weighted by atomic mass is 79.9. The molecule has 136 valence electrons. The van der Waals surface area contributed by atoms with E-state index in [-0.39, 0.29) is 30.8 Å². The van der Waals surface area contributed by atoms with Gasteiger partial charge in [0.15, 0.2) is 11.5 Å². The molecule has 0 aliphatic heterocycles. The predicted molar refractivity (Wildman–Crippen MR) is 104 cm³/mol. The molecule has 2 rings (SSSR count). The van der Waals surface area contributed by atoms with E-state index in [0.29, 0.717) is 18.0 Å². The van der Waals surface area contributed by atoms with Gasteiger partial charge in [0.25, 0.3) is 0 Å². The number of hydrogen-bond donors (Lipinski definition) is 2. The van der Waals surface area contributed by atoms with E-state index in [0.717, 1.165) is 15.6 Å². The normalized spacial score (nSPS) is 11.2. The van der Waals surface area contributed by atoms with E-state index < -0.39 is 0 Å². The van der Waals surface area contributed by atoms with Crippen molar-refractivity contribution in [1.29, 1.82) is 0 Å². The van der Waals surface area contributed by atoms with E-state index >= 15 is 0 Å². The first-order valence-corrected chi connectivity index (χ1v) is 8.32. The van der Waals surface area contributed by atoms with Crippen molar-refractivity contribution in [3.8, 4) is 11.5 Å². The van der Waals surface area contributed by atoms with Gasteiger partial charge in [-0.25, -0.2) is 0 Å². The van der Waals surface area contributed by atoms with Crippen LogP contribution in [0.1, 0.15) is 23.6 Å². The predicted octanol–water partition coefficient (Wildman–Crippen LogP) is 3.59. The maximum atomic E-state index is 12.1. The molecule has 0 aliphatic rings. The van der Waals surface area contributed by atoms with Gasteiger partial charge in [-0.1, -0.05) is 46.3 Å². The van der Waals surface area contributed by atoms with Gasteiger partial charge in [0, 0.05) is 23.5 Å². The average molecular weight is 430 g/mol. The number of nitrogens with two attached hydrogens (primary N) is 1. The molecule has 7 heteroatoms. The van der Waals surface area contributed by atoms with Crippen LogP contribution < -0.4 is 20.5 Å². The van der Waals surface area contributed by atoms with E-state index in [1.807, 2.05) is 42.5 Å². The van der Waals surface area contributed by atoms with Crippen LogP contribution >= 0.6 is 28.3 Å². The molecule has 0 spiro atoms. The van der Waals surface area contributed by atoms with Gasteiger partial charge in [0.2, 0.25) is 5.91 Å². The fourth-order valence-electron chi connectivity index (χ4n) is 2.32. The molecular weight excluding hydrogens is 408 g/mol. The van der Waals surface area contributed by atoms with Crippen molar-refractivity contribution in [2.24, 2.45) is 5.73 Å². The third-order valence-corrected chi connectivity index (χ3v) is 4.40. The molecule has 2 aromatic carbocycles. The van der Waals surface area contributed by atoms with Crippen LogP contribution in [0.15, 0.2) is 46.9 Å². The number of hydrogen-bond acceptors (Lipinski definition) is 4. The summed E-state index contributed by atoms with van der Waals surface area (Å²) in [6.07, 6.45) is 0.231. The molecule has 0 radical (unpaired) electrons. The first-order valence-electron chi connectivity index (χ1n) is 7.52. The van der Waals surface area contributed by atoms with Crippen molar-refractivity contribution >= 4 is 34.2 Å². The standard InChI is InChI=1S/C18H21BrN2O3.ClH/c1-23-16-8-13(14(19)9-17(16)24-2)11-21-18(22)10-15(20)12-6-4-3-5-7-12;/h3-9,15H,10-11,20H2,1-2H3,(H,21,22);1H. The topological polar surface area (TPSA) is 73.6 Å². The molecule has 0 saturated heterocycles. The number of rotatable bonds is 7. The Morgan fingerprint density at radius 2 is 1.76 bits per heavy atom. The number of nitrogens with one attached hydrogen (secondary N) is 1. The van der Waals surface area contributed by atoms with E-state index in [1.54, 1.807) is 14.2 Å². The maximum Gasteiger partial charge on any atom is 0.222 e. The minimum absolute atomic E-state index is 0. The largest absolute Gasteiger partial charge is 0.493 e. The molecular formula is C18H22BrClN2O3. The van der Waals surface area contributed by atoms with Crippen LogP contribution in [0, 0.1) is 0 Å². The lowest BCUT2D eigenvalue weighted by atomic mass is 10.0. The minimum Gasteiger partial charge on any atom is -0.493 e. The summed E-state index contributed by atoms with van der Waals surface area (Å²) in [5.74, 6) is 1.14. The van der Waals surface area contributed by atoms with E-state index in [9.17, 15) is 4.79 Å². The lowest BCUT2D eigenvalue weighted by Gasteiger charge is -2.14. The second-order valence-corrected chi connectivity index (χ2v) is 6.15. The zero-order chi connectivity index (χ0) is 17.5. The molecule has 5 nitrogen and oxygen atoms in total. The van der Waals surface area contributed by atoms with E-state index in [2.05, 4.69) is 21.2 Å². The summed E-state index contributed by atoms with van der Waals surface area (Å²) >= 11 is 3.48. The Balaban J connectivity index is 0.00000312. The van der Waals surface area contributed by atoms with Crippen LogP contribution in [0.4, 0.5) is 0 Å². The number of benzene rings is 2. The molecule has 0 heterocycles. The molecule has 25 heavy (non-hydrogen) atoms. The monoisotopic (exact) mass is 428 g/mol. The summed E-state index contributed by atoms with van der Waals surface area (Å²) in [4.78, 5) is 12.1. The van der Waals surface area contributed by atoms with Crippen molar-refractivity contribution in [1.82, 2.24) is 5.32 Å². The van der Waals surface area contributed by atoms with Gasteiger partial charge in [-0.3, -0.25) is 4.79 Å². The molecule has 0 saturated carbocycles. The van der Waals surface area contributed by atoms with E-state index in [1.165, 1.54) is 0 Å². The fourth-order valence-corrected chi connectivity index (χ4v) is 2.78. The number of halogens is 2. The molecule has 0 aromatic heterocycles. The molecule has 1 unspecified atom stereocenters.